The number of allylic oxidation sites excluding steroid dienone is 1. The molecule has 0 N–H and O–H groups in total. The van der Waals surface area contributed by atoms with Crippen LogP contribution in [0.1, 0.15) is 54.8 Å². The van der Waals surface area contributed by atoms with E-state index in [0.29, 0.717) is 11.8 Å². The molecule has 0 amide bonds. The first-order valence-electron chi connectivity index (χ1n) is 9.37. The molecule has 27 heavy (non-hydrogen) atoms. The predicted molar refractivity (Wildman–Crippen MR) is 113 cm³/mol. The number of aromatic nitrogens is 4. The molecule has 3 aromatic rings. The minimum Gasteiger partial charge on any atom is -0.302 e. The highest BCUT2D eigenvalue weighted by atomic mass is 32.2. The predicted octanol–water partition coefficient (Wildman–Crippen LogP) is 5.88. The topological polar surface area (TPSA) is 43.6 Å². The minimum absolute atomic E-state index is 0.552. The van der Waals surface area contributed by atoms with Crippen LogP contribution in [0.4, 0.5) is 0 Å². The average Bonchev–Trinajstić information content (AvgIpc) is 3.27. The lowest BCUT2D eigenvalue weighted by Gasteiger charge is -2.06. The Hall–Kier alpha value is -1.92. The van der Waals surface area contributed by atoms with Crippen LogP contribution in [-0.4, -0.2) is 19.7 Å². The molecule has 140 valence electrons. The molecular formula is C21H24N4S2. The highest BCUT2D eigenvalue weighted by molar-refractivity contribution is 7.98. The van der Waals surface area contributed by atoms with Gasteiger partial charge in [-0.1, -0.05) is 56.0 Å². The van der Waals surface area contributed by atoms with E-state index in [0.717, 1.165) is 28.3 Å². The van der Waals surface area contributed by atoms with Gasteiger partial charge in [0, 0.05) is 34.9 Å². The van der Waals surface area contributed by atoms with Crippen LogP contribution in [0, 0.1) is 0 Å². The van der Waals surface area contributed by atoms with Crippen molar-refractivity contribution >= 4 is 23.1 Å². The Bertz CT molecular complexity index is 920. The van der Waals surface area contributed by atoms with Crippen molar-refractivity contribution in [2.24, 2.45) is 0 Å². The van der Waals surface area contributed by atoms with Gasteiger partial charge >= 0.3 is 0 Å². The van der Waals surface area contributed by atoms with Crippen LogP contribution >= 0.6 is 23.1 Å². The number of benzene rings is 1. The van der Waals surface area contributed by atoms with Crippen LogP contribution < -0.4 is 0 Å². The van der Waals surface area contributed by atoms with Gasteiger partial charge in [0.25, 0.3) is 0 Å². The fourth-order valence-electron chi connectivity index (χ4n) is 3.01. The molecule has 0 saturated heterocycles. The molecule has 6 heteroatoms. The van der Waals surface area contributed by atoms with Crippen LogP contribution in [0.3, 0.4) is 0 Å². The zero-order chi connectivity index (χ0) is 18.8. The summed E-state index contributed by atoms with van der Waals surface area (Å²) in [7, 11) is 0. The highest BCUT2D eigenvalue weighted by Gasteiger charge is 2.30. The van der Waals surface area contributed by atoms with Crippen molar-refractivity contribution in [1.82, 2.24) is 19.7 Å². The molecule has 0 bridgehead atoms. The van der Waals surface area contributed by atoms with E-state index in [9.17, 15) is 0 Å². The van der Waals surface area contributed by atoms with E-state index in [1.54, 1.807) is 23.1 Å². The smallest absolute Gasteiger partial charge is 0.191 e. The molecular weight excluding hydrogens is 372 g/mol. The number of thioether (sulfide) groups is 1. The van der Waals surface area contributed by atoms with Gasteiger partial charge in [-0.25, -0.2) is 4.98 Å². The van der Waals surface area contributed by atoms with Crippen molar-refractivity contribution < 1.29 is 0 Å². The average molecular weight is 397 g/mol. The van der Waals surface area contributed by atoms with Gasteiger partial charge in [0.2, 0.25) is 0 Å². The Labute approximate surface area is 168 Å². The summed E-state index contributed by atoms with van der Waals surface area (Å²) in [6, 6.07) is 8.75. The van der Waals surface area contributed by atoms with Crippen molar-refractivity contribution in [1.29, 1.82) is 0 Å². The summed E-state index contributed by atoms with van der Waals surface area (Å²) in [6.07, 6.45) is 6.37. The Kier molecular flexibility index (Phi) is 5.45. The quantitative estimate of drug-likeness (QED) is 0.352. The highest BCUT2D eigenvalue weighted by Crippen LogP contribution is 2.40. The number of thiazole rings is 1. The van der Waals surface area contributed by atoms with E-state index >= 15 is 0 Å². The first kappa shape index (κ1) is 18.4. The Morgan fingerprint density at radius 3 is 2.70 bits per heavy atom. The molecule has 2 aromatic heterocycles. The van der Waals surface area contributed by atoms with E-state index in [1.807, 2.05) is 12.3 Å². The first-order valence-corrected chi connectivity index (χ1v) is 11.2. The van der Waals surface area contributed by atoms with Crippen molar-refractivity contribution in [3.8, 4) is 10.6 Å². The summed E-state index contributed by atoms with van der Waals surface area (Å²) in [5.41, 5.74) is 2.55. The van der Waals surface area contributed by atoms with Crippen molar-refractivity contribution in [2.75, 3.05) is 0 Å². The first-order chi connectivity index (χ1) is 13.2. The Morgan fingerprint density at radius 2 is 2.04 bits per heavy atom. The lowest BCUT2D eigenvalue weighted by Crippen LogP contribution is -2.02. The lowest BCUT2D eigenvalue weighted by atomic mass is 10.0. The molecule has 1 aliphatic carbocycles. The maximum atomic E-state index is 4.62. The molecule has 0 aliphatic heterocycles. The molecule has 0 unspecified atom stereocenters. The van der Waals surface area contributed by atoms with E-state index in [-0.39, 0.29) is 0 Å². The second-order valence-corrected chi connectivity index (χ2v) is 9.27. The number of nitrogens with zero attached hydrogens (tertiary/aromatic N) is 4. The molecule has 1 aliphatic rings. The fraction of sp³-hybridized carbons (Fsp3) is 0.381. The van der Waals surface area contributed by atoms with E-state index in [2.05, 4.69) is 64.4 Å². The maximum absolute atomic E-state index is 4.62. The molecule has 1 aromatic carbocycles. The van der Waals surface area contributed by atoms with Crippen molar-refractivity contribution in [3.05, 3.63) is 59.4 Å². The fourth-order valence-corrected chi connectivity index (χ4v) is 4.90. The van der Waals surface area contributed by atoms with E-state index in [4.69, 9.17) is 0 Å². The largest absolute Gasteiger partial charge is 0.302 e. The van der Waals surface area contributed by atoms with Gasteiger partial charge in [0.05, 0.1) is 0 Å². The third kappa shape index (κ3) is 4.17. The molecule has 1 saturated carbocycles. The monoisotopic (exact) mass is 396 g/mol. The summed E-state index contributed by atoms with van der Waals surface area (Å²) < 4.78 is 2.21. The molecule has 0 radical (unpaired) electrons. The maximum Gasteiger partial charge on any atom is 0.191 e. The summed E-state index contributed by atoms with van der Waals surface area (Å²) in [6.45, 7) is 9.08. The van der Waals surface area contributed by atoms with Crippen LogP contribution in [0.25, 0.3) is 10.6 Å². The van der Waals surface area contributed by atoms with Gasteiger partial charge in [-0.15, -0.1) is 28.1 Å². The Morgan fingerprint density at radius 1 is 1.26 bits per heavy atom. The molecule has 4 nitrogen and oxygen atoms in total. The SMILES string of the molecule is C=CCn1c(SCc2cnc(-c3ccc(C(C)C)cc3)s2)nnc1C1CC1. The summed E-state index contributed by atoms with van der Waals surface area (Å²) in [5, 5.41) is 10.9. The van der Waals surface area contributed by atoms with Crippen molar-refractivity contribution in [2.45, 2.75) is 56.0 Å². The summed E-state index contributed by atoms with van der Waals surface area (Å²) in [4.78, 5) is 5.88. The van der Waals surface area contributed by atoms with Gasteiger partial charge in [-0.3, -0.25) is 0 Å². The second-order valence-electron chi connectivity index (χ2n) is 7.21. The van der Waals surface area contributed by atoms with Gasteiger partial charge in [0.15, 0.2) is 5.16 Å². The molecule has 0 spiro atoms. The third-order valence-corrected chi connectivity index (χ3v) is 6.97. The van der Waals surface area contributed by atoms with Crippen molar-refractivity contribution in [3.63, 3.8) is 0 Å². The minimum atomic E-state index is 0.552. The lowest BCUT2D eigenvalue weighted by molar-refractivity contribution is 0.681. The van der Waals surface area contributed by atoms with Gasteiger partial charge in [-0.2, -0.15) is 0 Å². The number of hydrogen-bond acceptors (Lipinski definition) is 5. The van der Waals surface area contributed by atoms with E-state index < -0.39 is 0 Å². The van der Waals surface area contributed by atoms with Crippen LogP contribution in [0.2, 0.25) is 0 Å². The normalized spacial score (nSPS) is 14.0. The van der Waals surface area contributed by atoms with E-state index in [1.165, 1.54) is 28.8 Å². The third-order valence-electron chi connectivity index (χ3n) is 4.72. The molecule has 2 heterocycles. The van der Waals surface area contributed by atoms with Crippen LogP contribution in [-0.2, 0) is 12.3 Å². The zero-order valence-electron chi connectivity index (χ0n) is 15.8. The molecule has 1 fully saturated rings. The van der Waals surface area contributed by atoms with Gasteiger partial charge in [0.1, 0.15) is 10.8 Å². The van der Waals surface area contributed by atoms with Gasteiger partial charge in [-0.05, 0) is 24.3 Å². The van der Waals surface area contributed by atoms with Gasteiger partial charge < -0.3 is 4.57 Å². The molecule has 0 atom stereocenters. The standard InChI is InChI=1S/C21H24N4S2/c1-4-11-25-19(16-7-8-16)23-24-21(25)26-13-18-12-22-20(27-18)17-9-5-15(6-10-17)14(2)3/h4-6,9-10,12,14,16H,1,7-8,11,13H2,2-3H3. The summed E-state index contributed by atoms with van der Waals surface area (Å²) in [5.74, 6) is 3.13. The molecule has 4 rings (SSSR count). The summed E-state index contributed by atoms with van der Waals surface area (Å²) >= 11 is 3.49. The second kappa shape index (κ2) is 7.98. The number of hydrogen-bond donors (Lipinski definition) is 0. The van der Waals surface area contributed by atoms with Crippen LogP contribution in [0.15, 0.2) is 48.3 Å². The zero-order valence-corrected chi connectivity index (χ0v) is 17.4. The Balaban J connectivity index is 1.45. The van der Waals surface area contributed by atoms with Crippen LogP contribution in [0.5, 0.6) is 0 Å². The number of rotatable bonds is 8.